The fourth-order valence-electron chi connectivity index (χ4n) is 1.66. The molecule has 0 nitrogen and oxygen atoms in total. The van der Waals surface area contributed by atoms with Crippen molar-refractivity contribution in [2.75, 3.05) is 0 Å². The van der Waals surface area contributed by atoms with Crippen molar-refractivity contribution < 1.29 is 4.39 Å². The van der Waals surface area contributed by atoms with E-state index in [4.69, 9.17) is 23.2 Å². The molecule has 0 fully saturated rings. The zero-order chi connectivity index (χ0) is 11.7. The van der Waals surface area contributed by atoms with Crippen molar-refractivity contribution in [3.05, 3.63) is 57.8 Å². The van der Waals surface area contributed by atoms with Gasteiger partial charge in [-0.25, -0.2) is 4.39 Å². The van der Waals surface area contributed by atoms with Crippen molar-refractivity contribution >= 4 is 23.2 Å². The minimum absolute atomic E-state index is 0.321. The van der Waals surface area contributed by atoms with Crippen molar-refractivity contribution in [2.24, 2.45) is 0 Å². The number of hydrogen-bond acceptors (Lipinski definition) is 0. The summed E-state index contributed by atoms with van der Waals surface area (Å²) in [5.74, 6) is -0.321. The van der Waals surface area contributed by atoms with E-state index in [-0.39, 0.29) is 5.82 Å². The first-order chi connectivity index (χ1) is 7.59. The molecule has 0 aliphatic heterocycles. The molecule has 0 saturated heterocycles. The third kappa shape index (κ3) is 2.06. The number of aryl methyl sites for hydroxylation is 1. The summed E-state index contributed by atoms with van der Waals surface area (Å²) in [7, 11) is 0. The molecule has 0 heterocycles. The molecule has 0 unspecified atom stereocenters. The van der Waals surface area contributed by atoms with Crippen molar-refractivity contribution in [1.29, 1.82) is 0 Å². The predicted octanol–water partition coefficient (Wildman–Crippen LogP) is 5.11. The highest BCUT2D eigenvalue weighted by molar-refractivity contribution is 6.33. The fourth-order valence-corrected chi connectivity index (χ4v) is 2.15. The van der Waals surface area contributed by atoms with E-state index in [2.05, 4.69) is 0 Å². The first-order valence-electron chi connectivity index (χ1n) is 4.80. The average molecular weight is 255 g/mol. The number of rotatable bonds is 1. The van der Waals surface area contributed by atoms with E-state index in [0.29, 0.717) is 15.6 Å². The smallest absolute Gasteiger partial charge is 0.132 e. The molecule has 0 aliphatic rings. The summed E-state index contributed by atoms with van der Waals surface area (Å²) < 4.78 is 13.7. The Kier molecular flexibility index (Phi) is 3.17. The van der Waals surface area contributed by atoms with Gasteiger partial charge in [-0.15, -0.1) is 0 Å². The molecule has 2 rings (SSSR count). The molecule has 0 amide bonds. The molecule has 0 saturated carbocycles. The lowest BCUT2D eigenvalue weighted by molar-refractivity contribution is 0.631. The standard InChI is InChI=1S/C13H9Cl2F/c1-8-7-9(14)5-6-10(8)13-11(15)3-2-4-12(13)16/h2-7H,1H3. The molecule has 0 N–H and O–H groups in total. The molecule has 0 spiro atoms. The van der Waals surface area contributed by atoms with Gasteiger partial charge in [0.1, 0.15) is 5.82 Å². The lowest BCUT2D eigenvalue weighted by Gasteiger charge is -2.09. The monoisotopic (exact) mass is 254 g/mol. The second-order valence-corrected chi connectivity index (χ2v) is 4.40. The molecule has 3 heteroatoms. The Balaban J connectivity index is 2.68. The van der Waals surface area contributed by atoms with Gasteiger partial charge in [-0.2, -0.15) is 0 Å². The summed E-state index contributed by atoms with van der Waals surface area (Å²) in [6.45, 7) is 1.88. The van der Waals surface area contributed by atoms with Crippen molar-refractivity contribution in [2.45, 2.75) is 6.92 Å². The van der Waals surface area contributed by atoms with E-state index < -0.39 is 0 Å². The van der Waals surface area contributed by atoms with Gasteiger partial charge in [0.15, 0.2) is 0 Å². The number of benzene rings is 2. The van der Waals surface area contributed by atoms with Gasteiger partial charge in [-0.05, 0) is 42.3 Å². The lowest BCUT2D eigenvalue weighted by Crippen LogP contribution is -1.88. The summed E-state index contributed by atoms with van der Waals surface area (Å²) >= 11 is 11.9. The zero-order valence-corrected chi connectivity index (χ0v) is 10.1. The molecule has 0 atom stereocenters. The summed E-state index contributed by atoms with van der Waals surface area (Å²) in [5, 5.41) is 1.04. The van der Waals surface area contributed by atoms with E-state index in [1.807, 2.05) is 6.92 Å². The van der Waals surface area contributed by atoms with E-state index >= 15 is 0 Å². The van der Waals surface area contributed by atoms with Gasteiger partial charge in [0, 0.05) is 10.6 Å². The molecular formula is C13H9Cl2F. The fraction of sp³-hybridized carbons (Fsp3) is 0.0769. The molecule has 0 aliphatic carbocycles. The predicted molar refractivity (Wildman–Crippen MR) is 66.6 cm³/mol. The Morgan fingerprint density at radius 2 is 1.81 bits per heavy atom. The summed E-state index contributed by atoms with van der Waals surface area (Å²) in [6.07, 6.45) is 0. The van der Waals surface area contributed by atoms with Crippen LogP contribution in [-0.4, -0.2) is 0 Å². The van der Waals surface area contributed by atoms with Gasteiger partial charge in [-0.3, -0.25) is 0 Å². The number of halogens is 3. The highest BCUT2D eigenvalue weighted by Crippen LogP contribution is 2.33. The summed E-state index contributed by atoms with van der Waals surface area (Å²) in [5.41, 5.74) is 2.10. The largest absolute Gasteiger partial charge is 0.206 e. The first-order valence-corrected chi connectivity index (χ1v) is 5.55. The lowest BCUT2D eigenvalue weighted by atomic mass is 10.0. The van der Waals surface area contributed by atoms with E-state index in [1.54, 1.807) is 30.3 Å². The van der Waals surface area contributed by atoms with Crippen LogP contribution in [0.2, 0.25) is 10.0 Å². The normalized spacial score (nSPS) is 10.5. The molecule has 0 bridgehead atoms. The first kappa shape index (κ1) is 11.4. The van der Waals surface area contributed by atoms with Crippen LogP contribution in [-0.2, 0) is 0 Å². The summed E-state index contributed by atoms with van der Waals surface area (Å²) in [6, 6.07) is 9.96. The Hall–Kier alpha value is -1.05. The highest BCUT2D eigenvalue weighted by Gasteiger charge is 2.11. The highest BCUT2D eigenvalue weighted by atomic mass is 35.5. The van der Waals surface area contributed by atoms with Gasteiger partial charge in [0.25, 0.3) is 0 Å². The average Bonchev–Trinajstić information content (AvgIpc) is 2.20. The van der Waals surface area contributed by atoms with Gasteiger partial charge in [0.2, 0.25) is 0 Å². The molecule has 0 aromatic heterocycles. The maximum atomic E-state index is 13.7. The zero-order valence-electron chi connectivity index (χ0n) is 8.60. The van der Waals surface area contributed by atoms with Crippen LogP contribution in [0.4, 0.5) is 4.39 Å². The van der Waals surface area contributed by atoms with E-state index in [9.17, 15) is 4.39 Å². The molecule has 82 valence electrons. The third-order valence-electron chi connectivity index (χ3n) is 2.42. The van der Waals surface area contributed by atoms with Crippen LogP contribution in [0.25, 0.3) is 11.1 Å². The maximum absolute atomic E-state index is 13.7. The Labute approximate surface area is 104 Å². The van der Waals surface area contributed by atoms with Crippen LogP contribution >= 0.6 is 23.2 Å². The van der Waals surface area contributed by atoms with Crippen LogP contribution in [0.1, 0.15) is 5.56 Å². The van der Waals surface area contributed by atoms with Crippen molar-refractivity contribution in [3.63, 3.8) is 0 Å². The SMILES string of the molecule is Cc1cc(Cl)ccc1-c1c(F)cccc1Cl. The topological polar surface area (TPSA) is 0 Å². The van der Waals surface area contributed by atoms with Crippen LogP contribution in [0.3, 0.4) is 0 Å². The molecule has 2 aromatic carbocycles. The van der Waals surface area contributed by atoms with E-state index in [0.717, 1.165) is 11.1 Å². The van der Waals surface area contributed by atoms with Gasteiger partial charge in [0.05, 0.1) is 5.02 Å². The van der Waals surface area contributed by atoms with Crippen LogP contribution in [0.15, 0.2) is 36.4 Å². The molecular weight excluding hydrogens is 246 g/mol. The minimum atomic E-state index is -0.321. The van der Waals surface area contributed by atoms with Crippen LogP contribution in [0, 0.1) is 12.7 Å². The van der Waals surface area contributed by atoms with Crippen LogP contribution < -0.4 is 0 Å². The maximum Gasteiger partial charge on any atom is 0.132 e. The Morgan fingerprint density at radius 1 is 1.06 bits per heavy atom. The third-order valence-corrected chi connectivity index (χ3v) is 2.97. The van der Waals surface area contributed by atoms with Gasteiger partial charge < -0.3 is 0 Å². The van der Waals surface area contributed by atoms with E-state index in [1.165, 1.54) is 6.07 Å². The Bertz CT molecular complexity index is 515. The van der Waals surface area contributed by atoms with Crippen LogP contribution in [0.5, 0.6) is 0 Å². The molecule has 16 heavy (non-hydrogen) atoms. The molecule has 0 radical (unpaired) electrons. The molecule has 2 aromatic rings. The second kappa shape index (κ2) is 4.44. The second-order valence-electron chi connectivity index (χ2n) is 3.56. The summed E-state index contributed by atoms with van der Waals surface area (Å²) in [4.78, 5) is 0. The Morgan fingerprint density at radius 3 is 2.44 bits per heavy atom. The van der Waals surface area contributed by atoms with Crippen molar-refractivity contribution in [3.8, 4) is 11.1 Å². The number of hydrogen-bond donors (Lipinski definition) is 0. The minimum Gasteiger partial charge on any atom is -0.206 e. The van der Waals surface area contributed by atoms with Gasteiger partial charge >= 0.3 is 0 Å². The van der Waals surface area contributed by atoms with Gasteiger partial charge in [-0.1, -0.05) is 35.3 Å². The van der Waals surface area contributed by atoms with Crippen molar-refractivity contribution in [1.82, 2.24) is 0 Å². The quantitative estimate of drug-likeness (QED) is 0.664.